The highest BCUT2D eigenvalue weighted by Crippen LogP contribution is 2.19. The summed E-state index contributed by atoms with van der Waals surface area (Å²) in [6.07, 6.45) is 7.29. The van der Waals surface area contributed by atoms with Crippen molar-refractivity contribution in [2.45, 2.75) is 51.7 Å². The second-order valence-electron chi connectivity index (χ2n) is 6.89. The van der Waals surface area contributed by atoms with Gasteiger partial charge in [-0.15, -0.1) is 0 Å². The minimum absolute atomic E-state index is 0.0546. The van der Waals surface area contributed by atoms with E-state index in [0.29, 0.717) is 11.7 Å². The molecule has 1 aromatic heterocycles. The quantitative estimate of drug-likeness (QED) is 0.727. The van der Waals surface area contributed by atoms with Crippen LogP contribution in [0.15, 0.2) is 30.6 Å². The van der Waals surface area contributed by atoms with Gasteiger partial charge in [-0.1, -0.05) is 19.1 Å². The normalized spacial score (nSPS) is 16.8. The number of hydrogen-bond acceptors (Lipinski definition) is 4. The molecule has 0 spiro atoms. The summed E-state index contributed by atoms with van der Waals surface area (Å²) >= 11 is 0. The van der Waals surface area contributed by atoms with E-state index in [-0.39, 0.29) is 5.91 Å². The van der Waals surface area contributed by atoms with Gasteiger partial charge in [0.25, 0.3) is 5.91 Å². The van der Waals surface area contributed by atoms with Crippen LogP contribution in [-0.4, -0.2) is 51.9 Å². The fourth-order valence-electron chi connectivity index (χ4n) is 3.38. The molecule has 140 valence electrons. The molecule has 3 rings (SSSR count). The molecule has 0 N–H and O–H groups in total. The van der Waals surface area contributed by atoms with E-state index in [9.17, 15) is 4.79 Å². The molecule has 1 aliphatic rings. The van der Waals surface area contributed by atoms with Crippen LogP contribution >= 0.6 is 0 Å². The Kier molecular flexibility index (Phi) is 6.39. The molecule has 0 radical (unpaired) electrons. The number of carbonyl (C=O) groups is 1. The maximum atomic E-state index is 12.6. The molecule has 2 aromatic rings. The average molecular weight is 356 g/mol. The van der Waals surface area contributed by atoms with Crippen molar-refractivity contribution < 1.29 is 9.53 Å². The molecular formula is C20H28N4O2. The van der Waals surface area contributed by atoms with Crippen LogP contribution in [0.3, 0.4) is 0 Å². The van der Waals surface area contributed by atoms with Crippen molar-refractivity contribution >= 4 is 5.91 Å². The number of hydrogen-bond donors (Lipinski definition) is 0. The largest absolute Gasteiger partial charge is 0.378 e. The van der Waals surface area contributed by atoms with Gasteiger partial charge >= 0.3 is 0 Å². The van der Waals surface area contributed by atoms with Crippen LogP contribution in [0.25, 0.3) is 11.4 Å². The Hall–Kier alpha value is -2.21. The highest BCUT2D eigenvalue weighted by molar-refractivity contribution is 5.94. The fourth-order valence-corrected chi connectivity index (χ4v) is 3.38. The number of nitrogens with zero attached hydrogens (tertiary/aromatic N) is 4. The number of aromatic nitrogens is 3. The molecule has 0 unspecified atom stereocenters. The third-order valence-electron chi connectivity index (χ3n) is 4.83. The van der Waals surface area contributed by atoms with E-state index in [0.717, 1.165) is 63.2 Å². The molecule has 0 aliphatic carbocycles. The fraction of sp³-hybridized carbons (Fsp3) is 0.550. The standard InChI is InChI=1S/C20H28N4O2/c1-3-12-24-19(21-15-22-24)16-8-10-17(11-9-16)20(25)23(2)13-4-6-18-7-5-14-26-18/h8-11,15,18H,3-7,12-14H2,1-2H3/t18-/m0/s1. The number of carbonyl (C=O) groups excluding carboxylic acids is 1. The van der Waals surface area contributed by atoms with Gasteiger partial charge in [-0.2, -0.15) is 5.10 Å². The van der Waals surface area contributed by atoms with Crippen molar-refractivity contribution in [1.29, 1.82) is 0 Å². The van der Waals surface area contributed by atoms with Crippen LogP contribution in [0.4, 0.5) is 0 Å². The smallest absolute Gasteiger partial charge is 0.253 e. The Morgan fingerprint density at radius 2 is 2.15 bits per heavy atom. The van der Waals surface area contributed by atoms with Crippen LogP contribution in [-0.2, 0) is 11.3 Å². The zero-order valence-electron chi connectivity index (χ0n) is 15.7. The summed E-state index contributed by atoms with van der Waals surface area (Å²) in [4.78, 5) is 18.7. The van der Waals surface area contributed by atoms with E-state index in [1.54, 1.807) is 11.2 Å². The third-order valence-corrected chi connectivity index (χ3v) is 4.83. The average Bonchev–Trinajstić information content (AvgIpc) is 3.33. The molecule has 2 heterocycles. The number of amides is 1. The zero-order valence-corrected chi connectivity index (χ0v) is 15.7. The minimum Gasteiger partial charge on any atom is -0.378 e. The predicted molar refractivity (Wildman–Crippen MR) is 101 cm³/mol. The summed E-state index contributed by atoms with van der Waals surface area (Å²) < 4.78 is 7.54. The molecule has 6 nitrogen and oxygen atoms in total. The maximum Gasteiger partial charge on any atom is 0.253 e. The van der Waals surface area contributed by atoms with Gasteiger partial charge in [-0.3, -0.25) is 4.79 Å². The molecule has 1 atom stereocenters. The molecule has 1 aromatic carbocycles. The number of benzene rings is 1. The van der Waals surface area contributed by atoms with Gasteiger partial charge in [0.2, 0.25) is 0 Å². The van der Waals surface area contributed by atoms with Crippen LogP contribution in [0.2, 0.25) is 0 Å². The van der Waals surface area contributed by atoms with Gasteiger partial charge in [-0.05, 0) is 44.2 Å². The lowest BCUT2D eigenvalue weighted by molar-refractivity contribution is 0.0763. The van der Waals surface area contributed by atoms with Crippen molar-refractivity contribution in [1.82, 2.24) is 19.7 Å². The van der Waals surface area contributed by atoms with E-state index in [4.69, 9.17) is 4.74 Å². The first kappa shape index (κ1) is 18.6. The highest BCUT2D eigenvalue weighted by atomic mass is 16.5. The second-order valence-corrected chi connectivity index (χ2v) is 6.89. The first-order valence-electron chi connectivity index (χ1n) is 9.54. The number of aryl methyl sites for hydroxylation is 1. The SMILES string of the molecule is CCCn1ncnc1-c1ccc(C(=O)N(C)CCC[C@H]2CCCO2)cc1. The Balaban J connectivity index is 1.56. The monoisotopic (exact) mass is 356 g/mol. The summed E-state index contributed by atoms with van der Waals surface area (Å²) in [7, 11) is 1.86. The Morgan fingerprint density at radius 3 is 2.85 bits per heavy atom. The van der Waals surface area contributed by atoms with Crippen molar-refractivity contribution in [2.24, 2.45) is 0 Å². The van der Waals surface area contributed by atoms with Gasteiger partial charge in [0.1, 0.15) is 6.33 Å². The molecule has 6 heteroatoms. The molecule has 1 amide bonds. The van der Waals surface area contributed by atoms with Gasteiger partial charge in [0.15, 0.2) is 5.82 Å². The lowest BCUT2D eigenvalue weighted by atomic mass is 10.1. The second kappa shape index (κ2) is 8.94. The van der Waals surface area contributed by atoms with E-state index in [1.165, 1.54) is 0 Å². The third kappa shape index (κ3) is 4.49. The van der Waals surface area contributed by atoms with E-state index in [1.807, 2.05) is 36.0 Å². The van der Waals surface area contributed by atoms with Crippen LogP contribution in [0, 0.1) is 0 Å². The van der Waals surface area contributed by atoms with Crippen molar-refractivity contribution in [3.63, 3.8) is 0 Å². The molecule has 1 aliphatic heterocycles. The van der Waals surface area contributed by atoms with E-state index in [2.05, 4.69) is 17.0 Å². The minimum atomic E-state index is 0.0546. The number of rotatable bonds is 8. The molecule has 0 saturated carbocycles. The molecule has 1 saturated heterocycles. The van der Waals surface area contributed by atoms with E-state index < -0.39 is 0 Å². The predicted octanol–water partition coefficient (Wildman–Crippen LogP) is 3.39. The first-order valence-corrected chi connectivity index (χ1v) is 9.54. The topological polar surface area (TPSA) is 60.2 Å². The zero-order chi connectivity index (χ0) is 18.4. The van der Waals surface area contributed by atoms with Crippen LogP contribution in [0.5, 0.6) is 0 Å². The molecule has 1 fully saturated rings. The highest BCUT2D eigenvalue weighted by Gasteiger charge is 2.17. The Labute approximate surface area is 155 Å². The summed E-state index contributed by atoms with van der Waals surface area (Å²) in [5, 5.41) is 4.25. The van der Waals surface area contributed by atoms with E-state index >= 15 is 0 Å². The van der Waals surface area contributed by atoms with Gasteiger partial charge in [-0.25, -0.2) is 9.67 Å². The van der Waals surface area contributed by atoms with Gasteiger partial charge in [0, 0.05) is 37.9 Å². The van der Waals surface area contributed by atoms with Gasteiger partial charge < -0.3 is 9.64 Å². The summed E-state index contributed by atoms with van der Waals surface area (Å²) in [5.74, 6) is 0.898. The van der Waals surface area contributed by atoms with Crippen molar-refractivity contribution in [3.8, 4) is 11.4 Å². The Bertz CT molecular complexity index is 705. The molecule has 26 heavy (non-hydrogen) atoms. The van der Waals surface area contributed by atoms with Crippen LogP contribution < -0.4 is 0 Å². The molecule has 0 bridgehead atoms. The maximum absolute atomic E-state index is 12.6. The Morgan fingerprint density at radius 1 is 1.35 bits per heavy atom. The van der Waals surface area contributed by atoms with Crippen LogP contribution in [0.1, 0.15) is 49.4 Å². The lowest BCUT2D eigenvalue weighted by Crippen LogP contribution is -2.28. The lowest BCUT2D eigenvalue weighted by Gasteiger charge is -2.18. The summed E-state index contributed by atoms with van der Waals surface area (Å²) in [6, 6.07) is 7.64. The van der Waals surface area contributed by atoms with Crippen molar-refractivity contribution in [3.05, 3.63) is 36.2 Å². The summed E-state index contributed by atoms with van der Waals surface area (Å²) in [5.41, 5.74) is 1.68. The molecular weight excluding hydrogens is 328 g/mol. The van der Waals surface area contributed by atoms with Crippen molar-refractivity contribution in [2.75, 3.05) is 20.2 Å². The summed E-state index contributed by atoms with van der Waals surface area (Å²) in [6.45, 7) is 4.59. The number of ether oxygens (including phenoxy) is 1. The van der Waals surface area contributed by atoms with Gasteiger partial charge in [0.05, 0.1) is 6.10 Å². The first-order chi connectivity index (χ1) is 12.7.